The van der Waals surface area contributed by atoms with Crippen LogP contribution in [0.15, 0.2) is 11.6 Å². The number of aliphatic hydroxyl groups excluding tert-OH is 1. The summed E-state index contributed by atoms with van der Waals surface area (Å²) in [6, 6.07) is 0. The number of ether oxygens (including phenoxy) is 2. The van der Waals surface area contributed by atoms with Crippen molar-refractivity contribution in [2.24, 2.45) is 0 Å². The summed E-state index contributed by atoms with van der Waals surface area (Å²) < 4.78 is 9.34. The SMILES string of the molecule is COC(=O)CCCCCCCC#CCCCCCCCCC(O)CCCCCCCCC(C)=CCCCCCCCC(=O)OC. The second-order valence-electron chi connectivity index (χ2n) is 13.1. The average molecular weight is 633 g/mol. The second kappa shape index (κ2) is 35.1. The van der Waals surface area contributed by atoms with Crippen LogP contribution < -0.4 is 0 Å². The minimum absolute atomic E-state index is 0.0877. The van der Waals surface area contributed by atoms with Crippen LogP contribution in [-0.2, 0) is 19.1 Å². The maximum absolute atomic E-state index is 11.1. The molecular formula is C40H72O5. The highest BCUT2D eigenvalue weighted by Crippen LogP contribution is 2.17. The van der Waals surface area contributed by atoms with Gasteiger partial charge in [0.05, 0.1) is 20.3 Å². The van der Waals surface area contributed by atoms with E-state index >= 15 is 0 Å². The average Bonchev–Trinajstić information content (AvgIpc) is 3.04. The molecule has 0 aliphatic heterocycles. The summed E-state index contributed by atoms with van der Waals surface area (Å²) in [5.41, 5.74) is 1.54. The van der Waals surface area contributed by atoms with Crippen molar-refractivity contribution in [3.8, 4) is 11.8 Å². The van der Waals surface area contributed by atoms with Crippen molar-refractivity contribution in [2.45, 2.75) is 206 Å². The summed E-state index contributed by atoms with van der Waals surface area (Å²) in [7, 11) is 2.91. The van der Waals surface area contributed by atoms with Gasteiger partial charge >= 0.3 is 11.9 Å². The molecular weight excluding hydrogens is 560 g/mol. The molecule has 0 saturated heterocycles. The van der Waals surface area contributed by atoms with Gasteiger partial charge in [-0.2, -0.15) is 0 Å². The lowest BCUT2D eigenvalue weighted by Crippen LogP contribution is -2.05. The molecule has 0 aromatic carbocycles. The van der Waals surface area contributed by atoms with Crippen molar-refractivity contribution in [3.63, 3.8) is 0 Å². The van der Waals surface area contributed by atoms with Crippen molar-refractivity contribution < 1.29 is 24.2 Å². The van der Waals surface area contributed by atoms with Crippen LogP contribution in [0.2, 0.25) is 0 Å². The first-order valence-corrected chi connectivity index (χ1v) is 18.9. The van der Waals surface area contributed by atoms with Gasteiger partial charge in [-0.15, -0.1) is 11.8 Å². The molecule has 0 saturated carbocycles. The van der Waals surface area contributed by atoms with Crippen molar-refractivity contribution in [3.05, 3.63) is 11.6 Å². The van der Waals surface area contributed by atoms with Crippen molar-refractivity contribution >= 4 is 11.9 Å². The molecule has 0 amide bonds. The van der Waals surface area contributed by atoms with E-state index in [2.05, 4.69) is 34.3 Å². The molecule has 1 unspecified atom stereocenters. The molecule has 0 heterocycles. The third-order valence-electron chi connectivity index (χ3n) is 8.79. The molecule has 0 rings (SSSR count). The topological polar surface area (TPSA) is 72.8 Å². The third kappa shape index (κ3) is 34.9. The normalized spacial score (nSPS) is 12.0. The van der Waals surface area contributed by atoms with E-state index < -0.39 is 0 Å². The van der Waals surface area contributed by atoms with E-state index in [4.69, 9.17) is 0 Å². The first-order chi connectivity index (χ1) is 22.0. The van der Waals surface area contributed by atoms with Gasteiger partial charge < -0.3 is 14.6 Å². The fraction of sp³-hybridized carbons (Fsp3) is 0.850. The highest BCUT2D eigenvalue weighted by atomic mass is 16.5. The van der Waals surface area contributed by atoms with Gasteiger partial charge in [0.1, 0.15) is 0 Å². The molecule has 0 aromatic heterocycles. The fourth-order valence-electron chi connectivity index (χ4n) is 5.72. The lowest BCUT2D eigenvalue weighted by atomic mass is 10.0. The van der Waals surface area contributed by atoms with E-state index in [0.717, 1.165) is 57.8 Å². The van der Waals surface area contributed by atoms with E-state index in [1.54, 1.807) is 0 Å². The van der Waals surface area contributed by atoms with Crippen molar-refractivity contribution in [2.75, 3.05) is 14.2 Å². The predicted molar refractivity (Wildman–Crippen MR) is 190 cm³/mol. The van der Waals surface area contributed by atoms with Gasteiger partial charge in [0.15, 0.2) is 0 Å². The number of esters is 2. The van der Waals surface area contributed by atoms with E-state index in [-0.39, 0.29) is 18.0 Å². The summed E-state index contributed by atoms with van der Waals surface area (Å²) >= 11 is 0. The molecule has 0 aromatic rings. The van der Waals surface area contributed by atoms with E-state index in [1.807, 2.05) is 0 Å². The van der Waals surface area contributed by atoms with Gasteiger partial charge in [-0.25, -0.2) is 0 Å². The molecule has 262 valence electrons. The fourth-order valence-corrected chi connectivity index (χ4v) is 5.72. The molecule has 45 heavy (non-hydrogen) atoms. The zero-order chi connectivity index (χ0) is 33.1. The van der Waals surface area contributed by atoms with E-state index in [0.29, 0.717) is 12.8 Å². The van der Waals surface area contributed by atoms with Gasteiger partial charge in [-0.3, -0.25) is 9.59 Å². The second-order valence-corrected chi connectivity index (χ2v) is 13.1. The van der Waals surface area contributed by atoms with Crippen LogP contribution >= 0.6 is 0 Å². The Bertz CT molecular complexity index is 762. The summed E-state index contributed by atoms with van der Waals surface area (Å²) in [6.07, 6.45) is 36.3. The molecule has 0 aliphatic rings. The van der Waals surface area contributed by atoms with E-state index in [9.17, 15) is 14.7 Å². The molecule has 0 aliphatic carbocycles. The van der Waals surface area contributed by atoms with Gasteiger partial charge in [0.25, 0.3) is 0 Å². The van der Waals surface area contributed by atoms with E-state index in [1.165, 1.54) is 142 Å². The molecule has 0 radical (unpaired) electrons. The van der Waals surface area contributed by atoms with Crippen LogP contribution in [0.3, 0.4) is 0 Å². The predicted octanol–water partition coefficient (Wildman–Crippen LogP) is 11.3. The van der Waals surface area contributed by atoms with Crippen LogP contribution in [0.4, 0.5) is 0 Å². The maximum Gasteiger partial charge on any atom is 0.305 e. The van der Waals surface area contributed by atoms with Gasteiger partial charge in [0, 0.05) is 25.7 Å². The number of unbranched alkanes of at least 4 members (excludes halogenated alkanes) is 21. The van der Waals surface area contributed by atoms with Gasteiger partial charge in [-0.05, 0) is 71.1 Å². The first kappa shape index (κ1) is 43.2. The molecule has 1 N–H and O–H groups in total. The molecule has 5 nitrogen and oxygen atoms in total. The van der Waals surface area contributed by atoms with Crippen LogP contribution in [0.5, 0.6) is 0 Å². The number of allylic oxidation sites excluding steroid dienone is 2. The number of rotatable bonds is 32. The first-order valence-electron chi connectivity index (χ1n) is 18.9. The Morgan fingerprint density at radius 2 is 0.889 bits per heavy atom. The highest BCUT2D eigenvalue weighted by Gasteiger charge is 2.04. The largest absolute Gasteiger partial charge is 0.469 e. The Morgan fingerprint density at radius 3 is 1.33 bits per heavy atom. The van der Waals surface area contributed by atoms with Crippen molar-refractivity contribution in [1.82, 2.24) is 0 Å². The lowest BCUT2D eigenvalue weighted by molar-refractivity contribution is -0.141. The van der Waals surface area contributed by atoms with Gasteiger partial charge in [-0.1, -0.05) is 114 Å². The quantitative estimate of drug-likeness (QED) is 0.0346. The maximum atomic E-state index is 11.1. The van der Waals surface area contributed by atoms with Crippen LogP contribution in [-0.4, -0.2) is 37.4 Å². The Hall–Kier alpha value is -1.80. The number of hydrogen-bond acceptors (Lipinski definition) is 5. The minimum atomic E-state index is -0.104. The standard InChI is InChI=1S/C40H72O5/c1-37(32-26-20-16-18-24-30-36-40(43)45-3)31-25-19-15-17-22-28-34-38(41)33-27-21-13-11-9-7-5-4-6-8-10-12-14-23-29-35-39(42)44-2/h32,38,41H,5,7-31,33-36H2,1-3H3. The van der Waals surface area contributed by atoms with Crippen LogP contribution in [0.1, 0.15) is 200 Å². The lowest BCUT2D eigenvalue weighted by Gasteiger charge is -2.10. The third-order valence-corrected chi connectivity index (χ3v) is 8.79. The zero-order valence-electron chi connectivity index (χ0n) is 29.9. The summed E-state index contributed by atoms with van der Waals surface area (Å²) in [5.74, 6) is 6.46. The molecule has 0 bridgehead atoms. The van der Waals surface area contributed by atoms with Crippen LogP contribution in [0.25, 0.3) is 0 Å². The Kier molecular flexibility index (Phi) is 33.7. The van der Waals surface area contributed by atoms with Crippen molar-refractivity contribution in [1.29, 1.82) is 0 Å². The number of aliphatic hydroxyl groups is 1. The molecule has 5 heteroatoms. The summed E-state index contributed by atoms with van der Waals surface area (Å²) in [6.45, 7) is 2.28. The Labute approximate surface area is 279 Å². The Morgan fingerprint density at radius 1 is 0.533 bits per heavy atom. The summed E-state index contributed by atoms with van der Waals surface area (Å²) in [4.78, 5) is 22.2. The molecule has 1 atom stereocenters. The monoisotopic (exact) mass is 633 g/mol. The zero-order valence-corrected chi connectivity index (χ0v) is 29.9. The summed E-state index contributed by atoms with van der Waals surface area (Å²) in [5, 5.41) is 10.3. The number of hydrogen-bond donors (Lipinski definition) is 1. The Balaban J connectivity index is 3.36. The highest BCUT2D eigenvalue weighted by molar-refractivity contribution is 5.69. The van der Waals surface area contributed by atoms with Crippen LogP contribution in [0, 0.1) is 11.8 Å². The number of carbonyl (C=O) groups is 2. The smallest absolute Gasteiger partial charge is 0.305 e. The molecule has 0 spiro atoms. The van der Waals surface area contributed by atoms with Gasteiger partial charge in [0.2, 0.25) is 0 Å². The number of methoxy groups -OCH3 is 2. The molecule has 0 fully saturated rings. The number of carbonyl (C=O) groups excluding carboxylic acids is 2. The minimum Gasteiger partial charge on any atom is -0.469 e.